The molecule has 6 heteroatoms. The van der Waals surface area contributed by atoms with Crippen LogP contribution in [0.1, 0.15) is 28.9 Å². The molecule has 1 amide bonds. The number of aryl methyl sites for hydroxylation is 1. The molecule has 0 bridgehead atoms. The first-order valence-corrected chi connectivity index (χ1v) is 6.68. The van der Waals surface area contributed by atoms with Gasteiger partial charge in [-0.15, -0.1) is 0 Å². The van der Waals surface area contributed by atoms with Crippen LogP contribution in [-0.4, -0.2) is 32.7 Å². The SMILES string of the molecule is Cc1ccc(-c2cc(C(=O)NC3(C(=O)O)CC3)[nH]n2)cc1. The van der Waals surface area contributed by atoms with Crippen LogP contribution in [0.15, 0.2) is 30.3 Å². The van der Waals surface area contributed by atoms with E-state index < -0.39 is 17.4 Å². The Morgan fingerprint density at radius 1 is 1.29 bits per heavy atom. The first kappa shape index (κ1) is 13.4. The predicted octanol–water partition coefficient (Wildman–Crippen LogP) is 1.73. The highest BCUT2D eigenvalue weighted by atomic mass is 16.4. The van der Waals surface area contributed by atoms with Crippen LogP contribution >= 0.6 is 0 Å². The second-order valence-electron chi connectivity index (χ2n) is 5.37. The van der Waals surface area contributed by atoms with E-state index in [1.807, 2.05) is 31.2 Å². The van der Waals surface area contributed by atoms with Crippen LogP contribution in [0.5, 0.6) is 0 Å². The normalized spacial score (nSPS) is 15.5. The number of nitrogens with one attached hydrogen (secondary N) is 2. The molecule has 1 aliphatic carbocycles. The van der Waals surface area contributed by atoms with E-state index >= 15 is 0 Å². The second-order valence-corrected chi connectivity index (χ2v) is 5.37. The number of benzene rings is 1. The van der Waals surface area contributed by atoms with E-state index in [9.17, 15) is 9.59 Å². The maximum atomic E-state index is 12.1. The van der Waals surface area contributed by atoms with E-state index in [0.29, 0.717) is 18.5 Å². The number of carboxylic acids is 1. The molecular weight excluding hydrogens is 270 g/mol. The highest BCUT2D eigenvalue weighted by molar-refractivity contribution is 5.98. The number of hydrogen-bond acceptors (Lipinski definition) is 3. The lowest BCUT2D eigenvalue weighted by atomic mass is 10.1. The Labute approximate surface area is 121 Å². The second kappa shape index (κ2) is 4.73. The molecule has 6 nitrogen and oxygen atoms in total. The third kappa shape index (κ3) is 2.52. The first-order chi connectivity index (χ1) is 10.00. The van der Waals surface area contributed by atoms with E-state index in [2.05, 4.69) is 15.5 Å². The van der Waals surface area contributed by atoms with E-state index in [-0.39, 0.29) is 5.69 Å². The lowest BCUT2D eigenvalue weighted by Crippen LogP contribution is -2.43. The summed E-state index contributed by atoms with van der Waals surface area (Å²) in [5.74, 6) is -1.44. The van der Waals surface area contributed by atoms with Crippen LogP contribution < -0.4 is 5.32 Å². The average Bonchev–Trinajstić information content (AvgIpc) is 3.07. The number of H-pyrrole nitrogens is 1. The van der Waals surface area contributed by atoms with E-state index in [1.54, 1.807) is 6.07 Å². The summed E-state index contributed by atoms with van der Waals surface area (Å²) in [5.41, 5.74) is 1.87. The Bertz CT molecular complexity index is 699. The van der Waals surface area contributed by atoms with Crippen molar-refractivity contribution in [1.29, 1.82) is 0 Å². The number of carbonyl (C=O) groups excluding carboxylic acids is 1. The molecule has 0 atom stereocenters. The Balaban J connectivity index is 1.77. The van der Waals surface area contributed by atoms with Gasteiger partial charge in [-0.2, -0.15) is 5.10 Å². The maximum absolute atomic E-state index is 12.1. The van der Waals surface area contributed by atoms with Crippen molar-refractivity contribution in [3.05, 3.63) is 41.6 Å². The molecule has 1 aromatic carbocycles. The minimum absolute atomic E-state index is 0.262. The number of carbonyl (C=O) groups is 2. The number of aliphatic carboxylic acids is 1. The van der Waals surface area contributed by atoms with Crippen molar-refractivity contribution in [3.63, 3.8) is 0 Å². The monoisotopic (exact) mass is 285 g/mol. The predicted molar refractivity (Wildman–Crippen MR) is 75.8 cm³/mol. The molecule has 2 aromatic rings. The molecule has 1 fully saturated rings. The molecule has 1 aromatic heterocycles. The quantitative estimate of drug-likeness (QED) is 0.797. The molecule has 0 saturated heterocycles. The van der Waals surface area contributed by atoms with Gasteiger partial charge in [0.05, 0.1) is 5.69 Å². The van der Waals surface area contributed by atoms with Gasteiger partial charge in [-0.3, -0.25) is 9.89 Å². The van der Waals surface area contributed by atoms with Crippen LogP contribution in [-0.2, 0) is 4.79 Å². The molecular formula is C15H15N3O3. The van der Waals surface area contributed by atoms with Gasteiger partial charge >= 0.3 is 5.97 Å². The van der Waals surface area contributed by atoms with Gasteiger partial charge in [0.15, 0.2) is 0 Å². The lowest BCUT2D eigenvalue weighted by Gasteiger charge is -2.10. The summed E-state index contributed by atoms with van der Waals surface area (Å²) in [6.07, 6.45) is 0.931. The van der Waals surface area contributed by atoms with Crippen molar-refractivity contribution in [2.45, 2.75) is 25.3 Å². The number of carboxylic acid groups (broad SMARTS) is 1. The Morgan fingerprint density at radius 2 is 1.95 bits per heavy atom. The number of amides is 1. The fourth-order valence-corrected chi connectivity index (χ4v) is 2.11. The zero-order valence-corrected chi connectivity index (χ0v) is 11.5. The molecule has 0 unspecified atom stereocenters. The smallest absolute Gasteiger partial charge is 0.329 e. The summed E-state index contributed by atoms with van der Waals surface area (Å²) in [4.78, 5) is 23.1. The molecule has 1 aliphatic rings. The fourth-order valence-electron chi connectivity index (χ4n) is 2.11. The van der Waals surface area contributed by atoms with Gasteiger partial charge in [0, 0.05) is 5.56 Å². The van der Waals surface area contributed by atoms with E-state index in [4.69, 9.17) is 5.11 Å². The van der Waals surface area contributed by atoms with Crippen LogP contribution in [0.2, 0.25) is 0 Å². The lowest BCUT2D eigenvalue weighted by molar-refractivity contribution is -0.140. The van der Waals surface area contributed by atoms with Crippen molar-refractivity contribution in [2.24, 2.45) is 0 Å². The van der Waals surface area contributed by atoms with Gasteiger partial charge < -0.3 is 10.4 Å². The number of hydrogen-bond donors (Lipinski definition) is 3. The minimum atomic E-state index is -1.09. The minimum Gasteiger partial charge on any atom is -0.480 e. The Kier molecular flexibility index (Phi) is 3.01. The third-order valence-corrected chi connectivity index (χ3v) is 3.68. The molecule has 108 valence electrons. The van der Waals surface area contributed by atoms with Gasteiger partial charge in [-0.1, -0.05) is 29.8 Å². The van der Waals surface area contributed by atoms with Gasteiger partial charge in [-0.25, -0.2) is 4.79 Å². The maximum Gasteiger partial charge on any atom is 0.329 e. The molecule has 1 saturated carbocycles. The third-order valence-electron chi connectivity index (χ3n) is 3.68. The van der Waals surface area contributed by atoms with Gasteiger partial charge in [0.2, 0.25) is 0 Å². The Hall–Kier alpha value is -2.63. The van der Waals surface area contributed by atoms with Crippen molar-refractivity contribution in [2.75, 3.05) is 0 Å². The number of rotatable bonds is 4. The Morgan fingerprint density at radius 3 is 2.52 bits per heavy atom. The average molecular weight is 285 g/mol. The van der Waals surface area contributed by atoms with Crippen molar-refractivity contribution in [1.82, 2.24) is 15.5 Å². The highest BCUT2D eigenvalue weighted by Gasteiger charge is 2.51. The summed E-state index contributed by atoms with van der Waals surface area (Å²) in [6.45, 7) is 1.99. The first-order valence-electron chi connectivity index (χ1n) is 6.68. The topological polar surface area (TPSA) is 95.1 Å². The molecule has 21 heavy (non-hydrogen) atoms. The van der Waals surface area contributed by atoms with Gasteiger partial charge in [0.1, 0.15) is 11.2 Å². The van der Waals surface area contributed by atoms with Crippen LogP contribution in [0, 0.1) is 6.92 Å². The van der Waals surface area contributed by atoms with Crippen molar-refractivity contribution >= 4 is 11.9 Å². The molecule has 3 rings (SSSR count). The molecule has 0 spiro atoms. The van der Waals surface area contributed by atoms with Crippen LogP contribution in [0.25, 0.3) is 11.3 Å². The number of aromatic nitrogens is 2. The number of nitrogens with zero attached hydrogens (tertiary/aromatic N) is 1. The zero-order valence-electron chi connectivity index (χ0n) is 11.5. The summed E-state index contributed by atoms with van der Waals surface area (Å²) < 4.78 is 0. The van der Waals surface area contributed by atoms with Gasteiger partial charge in [0.25, 0.3) is 5.91 Å². The number of aromatic amines is 1. The van der Waals surface area contributed by atoms with E-state index in [1.165, 1.54) is 0 Å². The van der Waals surface area contributed by atoms with Crippen molar-refractivity contribution in [3.8, 4) is 11.3 Å². The summed E-state index contributed by atoms with van der Waals surface area (Å²) in [6, 6.07) is 9.40. The molecule has 0 aliphatic heterocycles. The van der Waals surface area contributed by atoms with Crippen LogP contribution in [0.4, 0.5) is 0 Å². The molecule has 1 heterocycles. The zero-order chi connectivity index (χ0) is 15.0. The molecule has 0 radical (unpaired) electrons. The molecule has 3 N–H and O–H groups in total. The fraction of sp³-hybridized carbons (Fsp3) is 0.267. The highest BCUT2D eigenvalue weighted by Crippen LogP contribution is 2.35. The largest absolute Gasteiger partial charge is 0.480 e. The van der Waals surface area contributed by atoms with Gasteiger partial charge in [-0.05, 0) is 25.8 Å². The standard InChI is InChI=1S/C15H15N3O3/c1-9-2-4-10(5-3-9)11-8-12(18-17-11)13(19)16-15(6-7-15)14(20)21/h2-5,8H,6-7H2,1H3,(H,16,19)(H,17,18)(H,20,21). The van der Waals surface area contributed by atoms with E-state index in [0.717, 1.165) is 11.1 Å². The summed E-state index contributed by atoms with van der Waals surface area (Å²) in [5, 5.41) is 18.4. The van der Waals surface area contributed by atoms with Crippen LogP contribution in [0.3, 0.4) is 0 Å². The summed E-state index contributed by atoms with van der Waals surface area (Å²) >= 11 is 0. The summed E-state index contributed by atoms with van der Waals surface area (Å²) in [7, 11) is 0. The van der Waals surface area contributed by atoms with Crippen molar-refractivity contribution < 1.29 is 14.7 Å².